The number of benzene rings is 1. The maximum atomic E-state index is 11.1. The van der Waals surface area contributed by atoms with Crippen molar-refractivity contribution in [1.29, 1.82) is 0 Å². The minimum Gasteiger partial charge on any atom is -0.507 e. The highest BCUT2D eigenvalue weighted by Crippen LogP contribution is 2.43. The minimum absolute atomic E-state index is 0.143. The van der Waals surface area contributed by atoms with Gasteiger partial charge in [0.2, 0.25) is 5.95 Å². The highest BCUT2D eigenvalue weighted by atomic mass is 32.2. The molecular weight excluding hydrogens is 404 g/mol. The van der Waals surface area contributed by atoms with Crippen molar-refractivity contribution in [1.82, 2.24) is 15.0 Å². The van der Waals surface area contributed by atoms with Crippen LogP contribution in [-0.4, -0.2) is 25.8 Å². The van der Waals surface area contributed by atoms with Gasteiger partial charge in [0.1, 0.15) is 12.1 Å². The molecule has 0 aliphatic carbocycles. The molecule has 0 spiro atoms. The van der Waals surface area contributed by atoms with Crippen molar-refractivity contribution in [3.8, 4) is 5.75 Å². The quantitative estimate of drug-likeness (QED) is 0.294. The van der Waals surface area contributed by atoms with Crippen LogP contribution in [0, 0.1) is 0 Å². The van der Waals surface area contributed by atoms with Gasteiger partial charge in [0.15, 0.2) is 5.16 Å². The third-order valence-corrected chi connectivity index (χ3v) is 6.21. The second-order valence-electron chi connectivity index (χ2n) is 10.2. The standard InChI is InChI=1S/C25H40N4OS/c1-8-9-10-11-12-13-16-31-23-27-17-26-22(29-23)28-19-15-14-18(24(2,3)4)21(30)20(19)25(5,6)7/h14-15,17,30H,8-13,16H2,1-7H3,(H,26,27,28,29). The number of hydrogen-bond acceptors (Lipinski definition) is 6. The normalized spacial score (nSPS) is 12.2. The first kappa shape index (κ1) is 25.4. The van der Waals surface area contributed by atoms with E-state index in [2.05, 4.69) is 68.7 Å². The Morgan fingerprint density at radius 2 is 1.58 bits per heavy atom. The Bertz CT molecular complexity index is 840. The third kappa shape index (κ3) is 7.67. The highest BCUT2D eigenvalue weighted by Gasteiger charge is 2.28. The SMILES string of the molecule is CCCCCCCCSc1ncnc(Nc2ccc(C(C)(C)C)c(O)c2C(C)(C)C)n1. The molecule has 2 aromatic rings. The van der Waals surface area contributed by atoms with Crippen LogP contribution >= 0.6 is 11.8 Å². The lowest BCUT2D eigenvalue weighted by molar-refractivity contribution is 0.424. The van der Waals surface area contributed by atoms with Gasteiger partial charge in [-0.1, -0.05) is 98.4 Å². The van der Waals surface area contributed by atoms with E-state index in [-0.39, 0.29) is 10.8 Å². The first-order valence-corrected chi connectivity index (χ1v) is 12.5. The number of hydrogen-bond donors (Lipinski definition) is 2. The monoisotopic (exact) mass is 444 g/mol. The van der Waals surface area contributed by atoms with Crippen molar-refractivity contribution in [2.24, 2.45) is 0 Å². The summed E-state index contributed by atoms with van der Waals surface area (Å²) in [5.74, 6) is 1.87. The number of unbranched alkanes of at least 4 members (excludes halogenated alkanes) is 5. The van der Waals surface area contributed by atoms with Gasteiger partial charge in [0.25, 0.3) is 0 Å². The van der Waals surface area contributed by atoms with Crippen LogP contribution in [0.5, 0.6) is 5.75 Å². The summed E-state index contributed by atoms with van der Waals surface area (Å²) in [6, 6.07) is 4.01. The van der Waals surface area contributed by atoms with Crippen molar-refractivity contribution < 1.29 is 5.11 Å². The number of rotatable bonds is 10. The smallest absolute Gasteiger partial charge is 0.231 e. The van der Waals surface area contributed by atoms with Gasteiger partial charge in [-0.3, -0.25) is 0 Å². The molecule has 6 heteroatoms. The van der Waals surface area contributed by atoms with Crippen molar-refractivity contribution in [2.75, 3.05) is 11.1 Å². The summed E-state index contributed by atoms with van der Waals surface area (Å²) in [6.07, 6.45) is 9.25. The summed E-state index contributed by atoms with van der Waals surface area (Å²) in [6.45, 7) is 14.9. The fraction of sp³-hybridized carbons (Fsp3) is 0.640. The van der Waals surface area contributed by atoms with Crippen LogP contribution in [0.4, 0.5) is 11.6 Å². The zero-order valence-corrected chi connectivity index (χ0v) is 21.2. The summed E-state index contributed by atoms with van der Waals surface area (Å²) >= 11 is 1.68. The Morgan fingerprint density at radius 3 is 2.23 bits per heavy atom. The van der Waals surface area contributed by atoms with E-state index in [4.69, 9.17) is 0 Å². The van der Waals surface area contributed by atoms with Crippen molar-refractivity contribution in [3.63, 3.8) is 0 Å². The number of thioether (sulfide) groups is 1. The largest absolute Gasteiger partial charge is 0.507 e. The molecule has 0 saturated heterocycles. The maximum Gasteiger partial charge on any atom is 0.231 e. The second kappa shape index (κ2) is 11.2. The van der Waals surface area contributed by atoms with Crippen molar-refractivity contribution in [3.05, 3.63) is 29.6 Å². The van der Waals surface area contributed by atoms with Gasteiger partial charge in [0.05, 0.1) is 0 Å². The van der Waals surface area contributed by atoms with Gasteiger partial charge in [-0.05, 0) is 28.9 Å². The molecule has 0 saturated carbocycles. The molecule has 2 N–H and O–H groups in total. The molecule has 0 aliphatic heterocycles. The first-order valence-electron chi connectivity index (χ1n) is 11.5. The van der Waals surface area contributed by atoms with Crippen LogP contribution in [0.1, 0.15) is 98.1 Å². The van der Waals surface area contributed by atoms with Gasteiger partial charge in [0, 0.05) is 17.0 Å². The average Bonchev–Trinajstić information content (AvgIpc) is 2.65. The first-order chi connectivity index (χ1) is 14.5. The Labute approximate surface area is 192 Å². The van der Waals surface area contributed by atoms with Gasteiger partial charge in [-0.25, -0.2) is 9.97 Å². The highest BCUT2D eigenvalue weighted by molar-refractivity contribution is 7.99. The van der Waals surface area contributed by atoms with Crippen molar-refractivity contribution >= 4 is 23.4 Å². The predicted molar refractivity (Wildman–Crippen MR) is 133 cm³/mol. The van der Waals surface area contributed by atoms with Crippen LogP contribution < -0.4 is 5.32 Å². The zero-order chi connectivity index (χ0) is 23.1. The molecule has 5 nitrogen and oxygen atoms in total. The van der Waals surface area contributed by atoms with Gasteiger partial charge in [-0.15, -0.1) is 0 Å². The van der Waals surface area contributed by atoms with E-state index in [9.17, 15) is 5.11 Å². The number of phenols is 1. The third-order valence-electron chi connectivity index (χ3n) is 5.26. The van der Waals surface area contributed by atoms with Crippen LogP contribution in [0.15, 0.2) is 23.6 Å². The number of phenolic OH excluding ortho intramolecular Hbond substituents is 1. The Morgan fingerprint density at radius 1 is 0.903 bits per heavy atom. The molecular formula is C25H40N4OS. The average molecular weight is 445 g/mol. The fourth-order valence-corrected chi connectivity index (χ4v) is 4.44. The van der Waals surface area contributed by atoms with Gasteiger partial charge >= 0.3 is 0 Å². The molecule has 0 aliphatic rings. The topological polar surface area (TPSA) is 70.9 Å². The van der Waals surface area contributed by atoms with Crippen molar-refractivity contribution in [2.45, 2.75) is 103 Å². The lowest BCUT2D eigenvalue weighted by Gasteiger charge is -2.29. The molecule has 0 fully saturated rings. The van der Waals surface area contributed by atoms with Crippen LogP contribution in [0.25, 0.3) is 0 Å². The van der Waals surface area contributed by atoms with E-state index in [0.29, 0.717) is 11.7 Å². The molecule has 1 aromatic carbocycles. The van der Waals surface area contributed by atoms with Crippen LogP contribution in [0.2, 0.25) is 0 Å². The fourth-order valence-electron chi connectivity index (χ4n) is 3.64. The molecule has 31 heavy (non-hydrogen) atoms. The minimum atomic E-state index is -0.240. The lowest BCUT2D eigenvalue weighted by atomic mass is 9.78. The Balaban J connectivity index is 2.12. The summed E-state index contributed by atoms with van der Waals surface area (Å²) in [5, 5.41) is 15.2. The number of aromatic nitrogens is 3. The Hall–Kier alpha value is -1.82. The molecule has 2 rings (SSSR count). The van der Waals surface area contributed by atoms with E-state index in [1.165, 1.54) is 38.5 Å². The number of nitrogens with zero attached hydrogens (tertiary/aromatic N) is 3. The molecule has 0 atom stereocenters. The molecule has 0 amide bonds. The zero-order valence-electron chi connectivity index (χ0n) is 20.4. The lowest BCUT2D eigenvalue weighted by Crippen LogP contribution is -2.19. The second-order valence-corrected chi connectivity index (χ2v) is 11.3. The number of anilines is 2. The molecule has 0 unspecified atom stereocenters. The summed E-state index contributed by atoms with van der Waals surface area (Å²) in [4.78, 5) is 13.2. The number of nitrogens with one attached hydrogen (secondary N) is 1. The van der Waals surface area contributed by atoms with Gasteiger partial charge < -0.3 is 10.4 Å². The van der Waals surface area contributed by atoms with E-state index in [1.807, 2.05) is 12.1 Å². The van der Waals surface area contributed by atoms with E-state index < -0.39 is 0 Å². The van der Waals surface area contributed by atoms with Crippen LogP contribution in [0.3, 0.4) is 0 Å². The summed E-state index contributed by atoms with van der Waals surface area (Å²) in [7, 11) is 0. The summed E-state index contributed by atoms with van der Waals surface area (Å²) < 4.78 is 0. The number of aromatic hydroxyl groups is 1. The predicted octanol–water partition coefficient (Wildman–Crippen LogP) is 7.37. The van der Waals surface area contributed by atoms with Crippen LogP contribution in [-0.2, 0) is 10.8 Å². The van der Waals surface area contributed by atoms with Gasteiger partial charge in [-0.2, -0.15) is 4.98 Å². The Kier molecular flexibility index (Phi) is 9.16. The summed E-state index contributed by atoms with van der Waals surface area (Å²) in [5.41, 5.74) is 2.26. The molecule has 172 valence electrons. The van der Waals surface area contributed by atoms with E-state index in [0.717, 1.165) is 27.7 Å². The molecule has 1 heterocycles. The van der Waals surface area contributed by atoms with E-state index >= 15 is 0 Å². The molecule has 0 bridgehead atoms. The van der Waals surface area contributed by atoms with E-state index in [1.54, 1.807) is 18.1 Å². The molecule has 1 aromatic heterocycles. The molecule has 0 radical (unpaired) electrons. The maximum absolute atomic E-state index is 11.1.